The molecule has 6 rings (SSSR count). The van der Waals surface area contributed by atoms with Gasteiger partial charge in [-0.15, -0.1) is 0 Å². The van der Waals surface area contributed by atoms with E-state index in [0.29, 0.717) is 17.2 Å². The van der Waals surface area contributed by atoms with Gasteiger partial charge in [0.2, 0.25) is 6.79 Å². The maximum absolute atomic E-state index is 13.7. The van der Waals surface area contributed by atoms with Gasteiger partial charge < -0.3 is 19.3 Å². The minimum Gasteiger partial charge on any atom is -0.481 e. The van der Waals surface area contributed by atoms with Crippen molar-refractivity contribution in [1.29, 1.82) is 0 Å². The molecule has 6 heteroatoms. The van der Waals surface area contributed by atoms with Gasteiger partial charge in [0.15, 0.2) is 11.5 Å². The molecule has 0 aromatic heterocycles. The highest BCUT2D eigenvalue weighted by atomic mass is 16.7. The average molecular weight is 493 g/mol. The first-order chi connectivity index (χ1) is 18.1. The largest absolute Gasteiger partial charge is 0.481 e. The van der Waals surface area contributed by atoms with Gasteiger partial charge in [-0.25, -0.2) is 0 Å². The van der Waals surface area contributed by atoms with Crippen LogP contribution in [0.1, 0.15) is 23.0 Å². The van der Waals surface area contributed by atoms with Crippen LogP contribution in [0.15, 0.2) is 103 Å². The van der Waals surface area contributed by atoms with Crippen molar-refractivity contribution in [2.24, 2.45) is 11.8 Å². The number of carbonyl (C=O) groups is 2. The van der Waals surface area contributed by atoms with E-state index in [1.54, 1.807) is 12.1 Å². The summed E-state index contributed by atoms with van der Waals surface area (Å²) in [5, 5.41) is 10.1. The van der Waals surface area contributed by atoms with Gasteiger partial charge in [-0.05, 0) is 46.5 Å². The van der Waals surface area contributed by atoms with E-state index in [1.807, 2.05) is 91.0 Å². The Morgan fingerprint density at radius 1 is 0.676 bits per heavy atom. The molecule has 1 fully saturated rings. The predicted octanol–water partition coefficient (Wildman–Crippen LogP) is 5.89. The van der Waals surface area contributed by atoms with Crippen molar-refractivity contribution in [3.05, 3.63) is 114 Å². The molecule has 0 amide bonds. The number of ether oxygens (including phenoxy) is 3. The zero-order valence-electron chi connectivity index (χ0n) is 19.8. The van der Waals surface area contributed by atoms with E-state index in [-0.39, 0.29) is 6.79 Å². The van der Waals surface area contributed by atoms with Crippen LogP contribution >= 0.6 is 0 Å². The smallest absolute Gasteiger partial charge is 0.315 e. The van der Waals surface area contributed by atoms with Crippen LogP contribution in [-0.4, -0.2) is 23.8 Å². The lowest BCUT2D eigenvalue weighted by Gasteiger charge is -2.48. The van der Waals surface area contributed by atoms with Gasteiger partial charge in [-0.1, -0.05) is 78.9 Å². The topological polar surface area (TPSA) is 82.1 Å². The van der Waals surface area contributed by atoms with Crippen molar-refractivity contribution in [2.45, 2.75) is 11.8 Å². The molecule has 1 aliphatic carbocycles. The van der Waals surface area contributed by atoms with Gasteiger partial charge in [-0.3, -0.25) is 9.59 Å². The van der Waals surface area contributed by atoms with Crippen LogP contribution in [0.4, 0.5) is 0 Å². The molecule has 0 bridgehead atoms. The number of fused-ring (bicyclic) bond motifs is 1. The number of carboxylic acid groups (broad SMARTS) is 1. The molecule has 4 aromatic rings. The van der Waals surface area contributed by atoms with Gasteiger partial charge >= 0.3 is 11.9 Å². The molecular formula is C31H24O6. The first-order valence-electron chi connectivity index (χ1n) is 12.1. The lowest BCUT2D eigenvalue weighted by molar-refractivity contribution is -0.158. The predicted molar refractivity (Wildman–Crippen MR) is 137 cm³/mol. The van der Waals surface area contributed by atoms with Crippen molar-refractivity contribution >= 4 is 11.9 Å². The van der Waals surface area contributed by atoms with Crippen molar-refractivity contribution in [3.8, 4) is 28.4 Å². The molecule has 0 radical (unpaired) electrons. The van der Waals surface area contributed by atoms with E-state index in [9.17, 15) is 14.7 Å². The van der Waals surface area contributed by atoms with E-state index in [0.717, 1.165) is 22.3 Å². The first kappa shape index (κ1) is 22.9. The van der Waals surface area contributed by atoms with E-state index >= 15 is 0 Å². The van der Waals surface area contributed by atoms with Crippen LogP contribution in [0, 0.1) is 11.8 Å². The van der Waals surface area contributed by atoms with Crippen molar-refractivity contribution < 1.29 is 28.9 Å². The SMILES string of the molecule is O=C(O)[C@H]1[C@H](c2ccccc2)[C@H](C(=O)Oc2cccc(-c3ccc4c(c3)OCO4)c2)[C@H]1c1ccccc1. The second-order valence-corrected chi connectivity index (χ2v) is 9.28. The third kappa shape index (κ3) is 4.20. The standard InChI is InChI=1S/C31H24O6/c32-30(33)28-26(19-8-3-1-4-9-19)29(27(28)20-10-5-2-6-11-20)31(34)37-23-13-7-12-21(16-23)22-14-15-24-25(17-22)36-18-35-24/h1-17,26-29H,18H2,(H,32,33)/t26-,27-,28-,29-/m0/s1. The summed E-state index contributed by atoms with van der Waals surface area (Å²) in [4.78, 5) is 26.1. The Morgan fingerprint density at radius 2 is 1.30 bits per heavy atom. The normalized spacial score (nSPS) is 21.6. The molecule has 2 atom stereocenters. The number of aliphatic carboxylic acids is 1. The number of hydrogen-bond donors (Lipinski definition) is 1. The zero-order chi connectivity index (χ0) is 25.4. The number of benzene rings is 4. The zero-order valence-corrected chi connectivity index (χ0v) is 19.8. The maximum Gasteiger partial charge on any atom is 0.315 e. The fraction of sp³-hybridized carbons (Fsp3) is 0.161. The molecule has 184 valence electrons. The number of esters is 1. The molecule has 2 aliphatic rings. The first-order valence-corrected chi connectivity index (χ1v) is 12.1. The van der Waals surface area contributed by atoms with Gasteiger partial charge in [0, 0.05) is 11.8 Å². The summed E-state index contributed by atoms with van der Waals surface area (Å²) in [6.45, 7) is 0.195. The Balaban J connectivity index is 1.32. The second-order valence-electron chi connectivity index (χ2n) is 9.28. The third-order valence-corrected chi connectivity index (χ3v) is 7.23. The Morgan fingerprint density at radius 3 is 1.95 bits per heavy atom. The summed E-state index contributed by atoms with van der Waals surface area (Å²) in [5.74, 6) is -1.95. The number of hydrogen-bond acceptors (Lipinski definition) is 5. The molecule has 1 saturated carbocycles. The summed E-state index contributed by atoms with van der Waals surface area (Å²) in [5.41, 5.74) is 3.40. The monoisotopic (exact) mass is 492 g/mol. The summed E-state index contributed by atoms with van der Waals surface area (Å²) in [6.07, 6.45) is 0. The summed E-state index contributed by atoms with van der Waals surface area (Å²) < 4.78 is 16.8. The fourth-order valence-electron chi connectivity index (χ4n) is 5.53. The van der Waals surface area contributed by atoms with E-state index in [1.165, 1.54) is 0 Å². The summed E-state index contributed by atoms with van der Waals surface area (Å²) in [6, 6.07) is 31.7. The molecule has 0 saturated heterocycles. The molecule has 1 heterocycles. The van der Waals surface area contributed by atoms with Crippen LogP contribution in [0.2, 0.25) is 0 Å². The number of carbonyl (C=O) groups excluding carboxylic acids is 1. The van der Waals surface area contributed by atoms with Crippen LogP contribution in [-0.2, 0) is 9.59 Å². The van der Waals surface area contributed by atoms with E-state index in [4.69, 9.17) is 14.2 Å². The molecule has 1 aliphatic heterocycles. The molecule has 37 heavy (non-hydrogen) atoms. The number of rotatable bonds is 6. The van der Waals surface area contributed by atoms with E-state index in [2.05, 4.69) is 0 Å². The summed E-state index contributed by atoms with van der Waals surface area (Å²) >= 11 is 0. The van der Waals surface area contributed by atoms with Crippen LogP contribution in [0.3, 0.4) is 0 Å². The Bertz CT molecular complexity index is 1400. The minimum atomic E-state index is -0.920. The highest BCUT2D eigenvalue weighted by Crippen LogP contribution is 2.58. The highest BCUT2D eigenvalue weighted by Gasteiger charge is 2.59. The molecular weight excluding hydrogens is 468 g/mol. The van der Waals surface area contributed by atoms with Gasteiger partial charge in [0.25, 0.3) is 0 Å². The Hall–Kier alpha value is -4.58. The molecule has 0 unspecified atom stereocenters. The highest BCUT2D eigenvalue weighted by molar-refractivity contribution is 5.86. The molecule has 6 nitrogen and oxygen atoms in total. The lowest BCUT2D eigenvalue weighted by atomic mass is 9.52. The van der Waals surface area contributed by atoms with Crippen molar-refractivity contribution in [2.75, 3.05) is 6.79 Å². The van der Waals surface area contributed by atoms with Crippen molar-refractivity contribution in [3.63, 3.8) is 0 Å². The molecule has 4 aromatic carbocycles. The fourth-order valence-corrected chi connectivity index (χ4v) is 5.53. The second kappa shape index (κ2) is 9.47. The summed E-state index contributed by atoms with van der Waals surface area (Å²) in [7, 11) is 0. The lowest BCUT2D eigenvalue weighted by Crippen LogP contribution is -2.52. The third-order valence-electron chi connectivity index (χ3n) is 7.23. The van der Waals surface area contributed by atoms with Crippen LogP contribution < -0.4 is 14.2 Å². The molecule has 1 N–H and O–H groups in total. The van der Waals surface area contributed by atoms with Crippen molar-refractivity contribution in [1.82, 2.24) is 0 Å². The minimum absolute atomic E-state index is 0.195. The van der Waals surface area contributed by atoms with Gasteiger partial charge in [0.1, 0.15) is 5.75 Å². The van der Waals surface area contributed by atoms with Crippen LogP contribution in [0.5, 0.6) is 17.2 Å². The Labute approximate surface area is 214 Å². The van der Waals surface area contributed by atoms with Gasteiger partial charge in [-0.2, -0.15) is 0 Å². The van der Waals surface area contributed by atoms with E-state index < -0.39 is 35.6 Å². The average Bonchev–Trinajstić information content (AvgIpc) is 3.37. The van der Waals surface area contributed by atoms with Gasteiger partial charge in [0.05, 0.1) is 11.8 Å². The Kier molecular flexibility index (Phi) is 5.85. The number of carboxylic acids is 1. The maximum atomic E-state index is 13.7. The molecule has 0 spiro atoms. The quantitative estimate of drug-likeness (QED) is 0.267. The van der Waals surface area contributed by atoms with Crippen LogP contribution in [0.25, 0.3) is 11.1 Å².